The van der Waals surface area contributed by atoms with E-state index in [-0.39, 0.29) is 51.2 Å². The van der Waals surface area contributed by atoms with E-state index in [0.717, 1.165) is 0 Å². The van der Waals surface area contributed by atoms with Gasteiger partial charge in [0.15, 0.2) is 0 Å². The Morgan fingerprint density at radius 3 is 1.23 bits per heavy atom. The Labute approximate surface area is 188 Å². The summed E-state index contributed by atoms with van der Waals surface area (Å²) in [5.74, 6) is -0.702. The van der Waals surface area contributed by atoms with Gasteiger partial charge >= 0.3 is 11.9 Å². The number of unbranched alkanes of at least 4 members (excludes halogenated alkanes) is 1. The molecule has 0 radical (unpaired) electrons. The lowest BCUT2D eigenvalue weighted by atomic mass is 9.96. The molecular formula is C16H26Br4O6. The van der Waals surface area contributed by atoms with Gasteiger partial charge in [-0.2, -0.15) is 0 Å². The van der Waals surface area contributed by atoms with Crippen molar-refractivity contribution < 1.29 is 29.3 Å². The number of hydrogen-bond acceptors (Lipinski definition) is 6. The van der Waals surface area contributed by atoms with Crippen molar-refractivity contribution in [1.82, 2.24) is 0 Å². The second kappa shape index (κ2) is 14.7. The monoisotopic (exact) mass is 630 g/mol. The van der Waals surface area contributed by atoms with Crippen molar-refractivity contribution in [2.45, 2.75) is 25.7 Å². The number of alkyl halides is 4. The summed E-state index contributed by atoms with van der Waals surface area (Å²) in [4.78, 5) is 23.5. The maximum absolute atomic E-state index is 11.8. The topological polar surface area (TPSA) is 93.1 Å². The highest BCUT2D eigenvalue weighted by Gasteiger charge is 2.30. The van der Waals surface area contributed by atoms with Gasteiger partial charge < -0.3 is 19.7 Å². The number of halogens is 4. The van der Waals surface area contributed by atoms with E-state index in [9.17, 15) is 19.8 Å². The van der Waals surface area contributed by atoms with Crippen LogP contribution in [0.3, 0.4) is 0 Å². The van der Waals surface area contributed by atoms with Crippen LogP contribution in [0.25, 0.3) is 0 Å². The molecule has 6 nitrogen and oxygen atoms in total. The Bertz CT molecular complexity index is 359. The summed E-state index contributed by atoms with van der Waals surface area (Å²) in [6.07, 6.45) is 1.46. The Hall–Kier alpha value is 0.780. The number of aliphatic hydroxyl groups is 2. The van der Waals surface area contributed by atoms with E-state index in [4.69, 9.17) is 9.47 Å². The fourth-order valence-electron chi connectivity index (χ4n) is 1.64. The summed E-state index contributed by atoms with van der Waals surface area (Å²) in [5.41, 5.74) is -1.05. The van der Waals surface area contributed by atoms with Gasteiger partial charge in [0.25, 0.3) is 0 Å². The first-order valence-electron chi connectivity index (χ1n) is 8.13. The van der Waals surface area contributed by atoms with Crippen LogP contribution in [-0.4, -0.2) is 69.9 Å². The number of carbonyl (C=O) groups excluding carboxylic acids is 2. The van der Waals surface area contributed by atoms with Gasteiger partial charge in [-0.3, -0.25) is 9.59 Å². The minimum Gasteiger partial charge on any atom is -0.465 e. The SMILES string of the molecule is O=C(CCCCC(=O)OCC(CO)(CBr)CBr)OCC(CO)(CBr)CBr. The molecule has 154 valence electrons. The van der Waals surface area contributed by atoms with Gasteiger partial charge in [0.2, 0.25) is 0 Å². The highest BCUT2D eigenvalue weighted by Crippen LogP contribution is 2.24. The molecule has 0 atom stereocenters. The smallest absolute Gasteiger partial charge is 0.305 e. The second-order valence-electron chi connectivity index (χ2n) is 6.38. The van der Waals surface area contributed by atoms with Crippen LogP contribution >= 0.6 is 63.7 Å². The fraction of sp³-hybridized carbons (Fsp3) is 0.875. The van der Waals surface area contributed by atoms with E-state index in [1.807, 2.05) is 0 Å². The molecule has 0 heterocycles. The van der Waals surface area contributed by atoms with Crippen molar-refractivity contribution in [2.75, 3.05) is 47.7 Å². The van der Waals surface area contributed by atoms with Crippen LogP contribution in [0.5, 0.6) is 0 Å². The maximum atomic E-state index is 11.8. The van der Waals surface area contributed by atoms with Gasteiger partial charge in [0, 0.05) is 45.0 Å². The standard InChI is InChI=1S/C16H26Br4O6/c17-5-15(6-18,9-21)11-25-13(23)3-1-2-4-14(24)26-12-16(7-19,8-20)10-22/h21-22H,1-12H2. The molecule has 0 aromatic heterocycles. The molecule has 0 fully saturated rings. The van der Waals surface area contributed by atoms with Crippen molar-refractivity contribution >= 4 is 75.7 Å². The van der Waals surface area contributed by atoms with Gasteiger partial charge in [0.1, 0.15) is 13.2 Å². The molecule has 0 amide bonds. The molecule has 0 aliphatic rings. The van der Waals surface area contributed by atoms with Crippen molar-refractivity contribution in [3.8, 4) is 0 Å². The Balaban J connectivity index is 4.01. The molecule has 0 saturated heterocycles. The zero-order valence-electron chi connectivity index (χ0n) is 14.5. The molecule has 0 aliphatic carbocycles. The quantitative estimate of drug-likeness (QED) is 0.164. The molecule has 0 saturated carbocycles. The molecular weight excluding hydrogens is 608 g/mol. The molecule has 26 heavy (non-hydrogen) atoms. The van der Waals surface area contributed by atoms with Crippen molar-refractivity contribution in [3.05, 3.63) is 0 Å². The third kappa shape index (κ3) is 9.82. The van der Waals surface area contributed by atoms with Crippen LogP contribution in [0.4, 0.5) is 0 Å². The van der Waals surface area contributed by atoms with E-state index in [2.05, 4.69) is 63.7 Å². The molecule has 0 aromatic rings. The summed E-state index contributed by atoms with van der Waals surface area (Å²) in [5, 5.41) is 20.9. The van der Waals surface area contributed by atoms with Crippen LogP contribution in [-0.2, 0) is 19.1 Å². The molecule has 10 heteroatoms. The fourth-order valence-corrected chi connectivity index (χ4v) is 4.85. The maximum Gasteiger partial charge on any atom is 0.305 e. The summed E-state index contributed by atoms with van der Waals surface area (Å²) in [6.45, 7) is 0.0634. The van der Waals surface area contributed by atoms with E-state index in [1.165, 1.54) is 0 Å². The molecule has 0 aliphatic heterocycles. The minimum atomic E-state index is -0.524. The minimum absolute atomic E-state index is 0.0965. The van der Waals surface area contributed by atoms with Gasteiger partial charge in [-0.1, -0.05) is 63.7 Å². The van der Waals surface area contributed by atoms with Gasteiger partial charge in [-0.25, -0.2) is 0 Å². The molecule has 2 N–H and O–H groups in total. The van der Waals surface area contributed by atoms with Gasteiger partial charge in [0.05, 0.1) is 13.2 Å². The van der Waals surface area contributed by atoms with Crippen LogP contribution in [0.2, 0.25) is 0 Å². The zero-order valence-corrected chi connectivity index (χ0v) is 20.9. The van der Waals surface area contributed by atoms with Gasteiger partial charge in [-0.05, 0) is 12.8 Å². The lowest BCUT2D eigenvalue weighted by Crippen LogP contribution is -2.35. The summed E-state index contributed by atoms with van der Waals surface area (Å²) in [7, 11) is 0. The lowest BCUT2D eigenvalue weighted by Gasteiger charge is -2.26. The lowest BCUT2D eigenvalue weighted by molar-refractivity contribution is -0.149. The van der Waals surface area contributed by atoms with Crippen LogP contribution in [0, 0.1) is 10.8 Å². The van der Waals surface area contributed by atoms with E-state index in [1.54, 1.807) is 0 Å². The van der Waals surface area contributed by atoms with E-state index < -0.39 is 10.8 Å². The molecule has 0 rings (SSSR count). The number of hydrogen-bond donors (Lipinski definition) is 2. The van der Waals surface area contributed by atoms with Crippen LogP contribution < -0.4 is 0 Å². The van der Waals surface area contributed by atoms with Gasteiger partial charge in [-0.15, -0.1) is 0 Å². The third-order valence-corrected chi connectivity index (χ3v) is 8.65. The normalized spacial score (nSPS) is 12.1. The zero-order chi connectivity index (χ0) is 20.1. The summed E-state index contributed by atoms with van der Waals surface area (Å²) in [6, 6.07) is 0. The summed E-state index contributed by atoms with van der Waals surface area (Å²) < 4.78 is 10.4. The largest absolute Gasteiger partial charge is 0.465 e. The number of esters is 2. The number of aliphatic hydroxyl groups excluding tert-OH is 2. The molecule has 0 bridgehead atoms. The first-order valence-corrected chi connectivity index (χ1v) is 12.6. The van der Waals surface area contributed by atoms with E-state index >= 15 is 0 Å². The molecule has 0 aromatic carbocycles. The Kier molecular flexibility index (Phi) is 15.2. The van der Waals surface area contributed by atoms with E-state index in [0.29, 0.717) is 34.2 Å². The summed E-state index contributed by atoms with van der Waals surface area (Å²) >= 11 is 13.3. The number of ether oxygens (including phenoxy) is 2. The van der Waals surface area contributed by atoms with Crippen molar-refractivity contribution in [3.63, 3.8) is 0 Å². The average molecular weight is 634 g/mol. The average Bonchev–Trinajstić information content (AvgIpc) is 2.68. The highest BCUT2D eigenvalue weighted by atomic mass is 79.9. The number of rotatable bonds is 15. The van der Waals surface area contributed by atoms with Crippen molar-refractivity contribution in [2.24, 2.45) is 10.8 Å². The van der Waals surface area contributed by atoms with Crippen LogP contribution in [0.1, 0.15) is 25.7 Å². The number of carbonyl (C=O) groups is 2. The Morgan fingerprint density at radius 1 is 0.692 bits per heavy atom. The molecule has 0 unspecified atom stereocenters. The third-order valence-electron chi connectivity index (χ3n) is 3.90. The van der Waals surface area contributed by atoms with Crippen LogP contribution in [0.15, 0.2) is 0 Å². The predicted molar refractivity (Wildman–Crippen MR) is 115 cm³/mol. The second-order valence-corrected chi connectivity index (χ2v) is 8.62. The predicted octanol–water partition coefficient (Wildman–Crippen LogP) is 3.17. The Morgan fingerprint density at radius 2 is 1.00 bits per heavy atom. The molecule has 0 spiro atoms. The van der Waals surface area contributed by atoms with Crippen molar-refractivity contribution in [1.29, 1.82) is 0 Å². The highest BCUT2D eigenvalue weighted by molar-refractivity contribution is 9.10. The first-order chi connectivity index (χ1) is 12.4. The first kappa shape index (κ1) is 26.8.